The average Bonchev–Trinajstić information content (AvgIpc) is 2.17. The predicted molar refractivity (Wildman–Crippen MR) is 57.4 cm³/mol. The molecule has 1 atom stereocenters. The first-order chi connectivity index (χ1) is 6.91. The maximum Gasteiger partial charge on any atom is 0.171 e. The molecule has 1 N–H and O–H groups in total. The summed E-state index contributed by atoms with van der Waals surface area (Å²) in [5.74, 6) is -0.397. The molecule has 0 aromatic heterocycles. The van der Waals surface area contributed by atoms with E-state index in [4.69, 9.17) is 4.74 Å². The van der Waals surface area contributed by atoms with Crippen LogP contribution in [0.15, 0.2) is 18.2 Å². The summed E-state index contributed by atoms with van der Waals surface area (Å²) in [5.41, 5.74) is -0.907. The van der Waals surface area contributed by atoms with Crippen LogP contribution in [0.1, 0.15) is 26.3 Å². The average molecular weight is 212 g/mol. The lowest BCUT2D eigenvalue weighted by Gasteiger charge is -2.28. The number of hydrogen-bond acceptors (Lipinski definition) is 2. The van der Waals surface area contributed by atoms with Crippen LogP contribution in [0.25, 0.3) is 0 Å². The van der Waals surface area contributed by atoms with Crippen LogP contribution < -0.4 is 4.74 Å². The number of halogens is 1. The zero-order valence-electron chi connectivity index (χ0n) is 9.54. The number of methoxy groups -OCH3 is 1. The van der Waals surface area contributed by atoms with E-state index < -0.39 is 11.4 Å². The van der Waals surface area contributed by atoms with Crippen molar-refractivity contribution in [2.24, 2.45) is 5.92 Å². The van der Waals surface area contributed by atoms with Crippen LogP contribution in [-0.2, 0) is 5.60 Å². The molecule has 3 heteroatoms. The molecule has 0 saturated carbocycles. The number of aliphatic hydroxyl groups is 1. The molecule has 0 aliphatic carbocycles. The summed E-state index contributed by atoms with van der Waals surface area (Å²) in [6.45, 7) is 5.30. The van der Waals surface area contributed by atoms with Gasteiger partial charge in [0.05, 0.1) is 12.7 Å². The molecule has 0 aliphatic heterocycles. The molecule has 0 heterocycles. The third-order valence-electron chi connectivity index (χ3n) is 2.85. The fourth-order valence-corrected chi connectivity index (χ4v) is 1.37. The Morgan fingerprint density at radius 3 is 2.47 bits per heavy atom. The lowest BCUT2D eigenvalue weighted by molar-refractivity contribution is 0.00539. The minimum absolute atomic E-state index is 0.0703. The number of hydrogen-bond donors (Lipinski definition) is 1. The van der Waals surface area contributed by atoms with Gasteiger partial charge in [-0.2, -0.15) is 0 Å². The largest absolute Gasteiger partial charge is 0.494 e. The molecule has 1 rings (SSSR count). The van der Waals surface area contributed by atoms with E-state index in [0.717, 1.165) is 0 Å². The molecule has 0 radical (unpaired) electrons. The van der Waals surface area contributed by atoms with Gasteiger partial charge in [0, 0.05) is 5.56 Å². The highest BCUT2D eigenvalue weighted by atomic mass is 19.1. The molecule has 15 heavy (non-hydrogen) atoms. The minimum Gasteiger partial charge on any atom is -0.494 e. The maximum atomic E-state index is 13.8. The van der Waals surface area contributed by atoms with Gasteiger partial charge in [-0.3, -0.25) is 0 Å². The molecule has 0 aliphatic rings. The Balaban J connectivity index is 3.26. The summed E-state index contributed by atoms with van der Waals surface area (Å²) in [6.07, 6.45) is 0. The molecule has 1 unspecified atom stereocenters. The molecule has 1 aromatic carbocycles. The van der Waals surface area contributed by atoms with Gasteiger partial charge in [-0.15, -0.1) is 0 Å². The van der Waals surface area contributed by atoms with Gasteiger partial charge < -0.3 is 9.84 Å². The van der Waals surface area contributed by atoms with Crippen LogP contribution in [-0.4, -0.2) is 12.2 Å². The normalized spacial score (nSPS) is 15.1. The lowest BCUT2D eigenvalue weighted by atomic mass is 9.85. The number of rotatable bonds is 3. The van der Waals surface area contributed by atoms with Crippen molar-refractivity contribution in [1.82, 2.24) is 0 Å². The minimum atomic E-state index is -1.18. The summed E-state index contributed by atoms with van der Waals surface area (Å²) in [4.78, 5) is 0. The summed E-state index contributed by atoms with van der Waals surface area (Å²) in [6, 6.07) is 4.79. The molecule has 0 amide bonds. The first-order valence-electron chi connectivity index (χ1n) is 4.96. The standard InChI is InChI=1S/C12H17FO2/c1-8(2)12(3,14)9-6-5-7-10(15-4)11(9)13/h5-8,14H,1-4H3. The molecule has 0 saturated heterocycles. The molecule has 0 bridgehead atoms. The van der Waals surface area contributed by atoms with Gasteiger partial charge in [-0.25, -0.2) is 4.39 Å². The molecule has 84 valence electrons. The van der Waals surface area contributed by atoms with E-state index >= 15 is 0 Å². The van der Waals surface area contributed by atoms with Crippen molar-refractivity contribution in [2.45, 2.75) is 26.4 Å². The van der Waals surface area contributed by atoms with Crippen LogP contribution in [0.2, 0.25) is 0 Å². The Kier molecular flexibility index (Phi) is 3.35. The smallest absolute Gasteiger partial charge is 0.171 e. The fraction of sp³-hybridized carbons (Fsp3) is 0.500. The van der Waals surface area contributed by atoms with Crippen molar-refractivity contribution in [3.8, 4) is 5.75 Å². The van der Waals surface area contributed by atoms with Crippen molar-refractivity contribution >= 4 is 0 Å². The molecule has 2 nitrogen and oxygen atoms in total. The summed E-state index contributed by atoms with van der Waals surface area (Å²) in [7, 11) is 1.41. The fourth-order valence-electron chi connectivity index (χ4n) is 1.37. The van der Waals surface area contributed by atoms with E-state index in [-0.39, 0.29) is 17.2 Å². The second-order valence-corrected chi connectivity index (χ2v) is 4.12. The van der Waals surface area contributed by atoms with Crippen LogP contribution in [0.5, 0.6) is 5.75 Å². The Morgan fingerprint density at radius 1 is 1.40 bits per heavy atom. The van der Waals surface area contributed by atoms with Crippen molar-refractivity contribution in [1.29, 1.82) is 0 Å². The van der Waals surface area contributed by atoms with E-state index in [1.54, 1.807) is 19.1 Å². The van der Waals surface area contributed by atoms with Crippen LogP contribution >= 0.6 is 0 Å². The second kappa shape index (κ2) is 4.19. The number of benzene rings is 1. The summed E-state index contributed by atoms with van der Waals surface area (Å²) >= 11 is 0. The molecular weight excluding hydrogens is 195 g/mol. The quantitative estimate of drug-likeness (QED) is 0.834. The Bertz CT molecular complexity index is 345. The zero-order chi connectivity index (χ0) is 11.6. The summed E-state index contributed by atoms with van der Waals surface area (Å²) < 4.78 is 18.7. The maximum absolute atomic E-state index is 13.8. The van der Waals surface area contributed by atoms with Gasteiger partial charge in [0.25, 0.3) is 0 Å². The third-order valence-corrected chi connectivity index (χ3v) is 2.85. The first kappa shape index (κ1) is 12.0. The van der Waals surface area contributed by atoms with Crippen LogP contribution in [0.3, 0.4) is 0 Å². The zero-order valence-corrected chi connectivity index (χ0v) is 9.54. The van der Waals surface area contributed by atoms with E-state index in [1.807, 2.05) is 13.8 Å². The third kappa shape index (κ3) is 2.12. The van der Waals surface area contributed by atoms with Crippen molar-refractivity contribution in [2.75, 3.05) is 7.11 Å². The van der Waals surface area contributed by atoms with Gasteiger partial charge in [0.15, 0.2) is 11.6 Å². The Labute approximate surface area is 89.7 Å². The molecule has 0 spiro atoms. The van der Waals surface area contributed by atoms with E-state index in [2.05, 4.69) is 0 Å². The van der Waals surface area contributed by atoms with Crippen molar-refractivity contribution in [3.63, 3.8) is 0 Å². The van der Waals surface area contributed by atoms with E-state index in [9.17, 15) is 9.50 Å². The second-order valence-electron chi connectivity index (χ2n) is 4.12. The Morgan fingerprint density at radius 2 is 2.00 bits per heavy atom. The number of ether oxygens (including phenoxy) is 1. The van der Waals surface area contributed by atoms with Gasteiger partial charge >= 0.3 is 0 Å². The van der Waals surface area contributed by atoms with E-state index in [1.165, 1.54) is 13.2 Å². The van der Waals surface area contributed by atoms with Gasteiger partial charge in [-0.05, 0) is 18.9 Å². The topological polar surface area (TPSA) is 29.5 Å². The first-order valence-corrected chi connectivity index (χ1v) is 4.96. The van der Waals surface area contributed by atoms with Gasteiger partial charge in [0.2, 0.25) is 0 Å². The van der Waals surface area contributed by atoms with Crippen molar-refractivity contribution < 1.29 is 14.2 Å². The van der Waals surface area contributed by atoms with Crippen LogP contribution in [0, 0.1) is 11.7 Å². The Hall–Kier alpha value is -1.09. The molecule has 1 aromatic rings. The molecule has 0 fully saturated rings. The SMILES string of the molecule is COc1cccc(C(C)(O)C(C)C)c1F. The van der Waals surface area contributed by atoms with E-state index in [0.29, 0.717) is 0 Å². The highest BCUT2D eigenvalue weighted by Crippen LogP contribution is 2.33. The highest BCUT2D eigenvalue weighted by Gasteiger charge is 2.31. The van der Waals surface area contributed by atoms with Gasteiger partial charge in [0.1, 0.15) is 0 Å². The van der Waals surface area contributed by atoms with Crippen molar-refractivity contribution in [3.05, 3.63) is 29.6 Å². The molecular formula is C12H17FO2. The van der Waals surface area contributed by atoms with Gasteiger partial charge in [-0.1, -0.05) is 26.0 Å². The monoisotopic (exact) mass is 212 g/mol. The summed E-state index contributed by atoms with van der Waals surface area (Å²) in [5, 5.41) is 10.2. The predicted octanol–water partition coefficient (Wildman–Crippen LogP) is 2.70. The highest BCUT2D eigenvalue weighted by molar-refractivity contribution is 5.34. The van der Waals surface area contributed by atoms with Crippen LogP contribution in [0.4, 0.5) is 4.39 Å². The lowest BCUT2D eigenvalue weighted by Crippen LogP contribution is -2.29.